The molecule has 1 unspecified atom stereocenters. The van der Waals surface area contributed by atoms with E-state index in [0.29, 0.717) is 6.42 Å². The van der Waals surface area contributed by atoms with E-state index in [4.69, 9.17) is 5.11 Å². The van der Waals surface area contributed by atoms with E-state index in [-0.39, 0.29) is 17.7 Å². The smallest absolute Gasteiger partial charge is 0.217 e. The summed E-state index contributed by atoms with van der Waals surface area (Å²) < 4.78 is 0. The van der Waals surface area contributed by atoms with Gasteiger partial charge in [-0.05, 0) is 19.1 Å². The fraction of sp³-hybridized carbons (Fsp3) is 0.400. The molecular formula is C10H14N2O2. The van der Waals surface area contributed by atoms with E-state index < -0.39 is 0 Å². The predicted molar refractivity (Wildman–Crippen MR) is 52.9 cm³/mol. The lowest BCUT2D eigenvalue weighted by Gasteiger charge is -2.11. The summed E-state index contributed by atoms with van der Waals surface area (Å²) in [7, 11) is 0. The summed E-state index contributed by atoms with van der Waals surface area (Å²) in [6, 6.07) is 3.39. The zero-order chi connectivity index (χ0) is 10.6. The van der Waals surface area contributed by atoms with Crippen LogP contribution in [0.1, 0.15) is 19.5 Å². The Hall–Kier alpha value is -1.58. The van der Waals surface area contributed by atoms with Crippen LogP contribution in [-0.2, 0) is 11.2 Å². The summed E-state index contributed by atoms with van der Waals surface area (Å²) >= 11 is 0. The number of nitrogens with zero attached hydrogens (tertiary/aromatic N) is 1. The Balaban J connectivity index is 2.51. The number of hydrogen-bond donors (Lipinski definition) is 2. The second-order valence-corrected chi connectivity index (χ2v) is 3.31. The number of carbonyl (C=O) groups excluding carboxylic acids is 1. The van der Waals surface area contributed by atoms with Gasteiger partial charge in [-0.1, -0.05) is 0 Å². The molecule has 4 nitrogen and oxygen atoms in total. The molecule has 0 bridgehead atoms. The van der Waals surface area contributed by atoms with Gasteiger partial charge in [0, 0.05) is 25.1 Å². The van der Waals surface area contributed by atoms with Gasteiger partial charge in [0.15, 0.2) is 0 Å². The fourth-order valence-corrected chi connectivity index (χ4v) is 1.25. The normalized spacial score (nSPS) is 12.1. The summed E-state index contributed by atoms with van der Waals surface area (Å²) in [6.07, 6.45) is 2.07. The number of amides is 1. The highest BCUT2D eigenvalue weighted by Gasteiger charge is 2.05. The van der Waals surface area contributed by atoms with Crippen molar-refractivity contribution in [2.75, 3.05) is 0 Å². The molecule has 1 atom stereocenters. The minimum Gasteiger partial charge on any atom is -0.506 e. The summed E-state index contributed by atoms with van der Waals surface area (Å²) in [5.41, 5.74) is 0.851. The van der Waals surface area contributed by atoms with Gasteiger partial charge in [-0.2, -0.15) is 0 Å². The second kappa shape index (κ2) is 4.60. The molecule has 0 aromatic carbocycles. The van der Waals surface area contributed by atoms with E-state index in [1.165, 1.54) is 13.1 Å². The SMILES string of the molecule is CC(=O)NC(C)Cc1ccc(O)cn1. The Morgan fingerprint density at radius 1 is 1.64 bits per heavy atom. The molecule has 76 valence electrons. The van der Waals surface area contributed by atoms with Crippen molar-refractivity contribution in [3.63, 3.8) is 0 Å². The second-order valence-electron chi connectivity index (χ2n) is 3.31. The molecule has 0 aliphatic carbocycles. The fourth-order valence-electron chi connectivity index (χ4n) is 1.25. The quantitative estimate of drug-likeness (QED) is 0.750. The monoisotopic (exact) mass is 194 g/mol. The van der Waals surface area contributed by atoms with Gasteiger partial charge in [-0.25, -0.2) is 0 Å². The van der Waals surface area contributed by atoms with Gasteiger partial charge in [0.2, 0.25) is 5.91 Å². The van der Waals surface area contributed by atoms with Crippen molar-refractivity contribution in [2.45, 2.75) is 26.3 Å². The van der Waals surface area contributed by atoms with E-state index in [1.807, 2.05) is 6.92 Å². The van der Waals surface area contributed by atoms with Gasteiger partial charge in [0.1, 0.15) is 5.75 Å². The first-order valence-electron chi connectivity index (χ1n) is 4.49. The predicted octanol–water partition coefficient (Wildman–Crippen LogP) is 0.854. The van der Waals surface area contributed by atoms with Crippen LogP contribution in [0.4, 0.5) is 0 Å². The topological polar surface area (TPSA) is 62.2 Å². The van der Waals surface area contributed by atoms with Crippen LogP contribution in [0.2, 0.25) is 0 Å². The maximum Gasteiger partial charge on any atom is 0.217 e. The zero-order valence-corrected chi connectivity index (χ0v) is 8.32. The van der Waals surface area contributed by atoms with E-state index >= 15 is 0 Å². The first-order valence-corrected chi connectivity index (χ1v) is 4.49. The third-order valence-corrected chi connectivity index (χ3v) is 1.77. The van der Waals surface area contributed by atoms with Crippen LogP contribution in [0.25, 0.3) is 0 Å². The van der Waals surface area contributed by atoms with Crippen LogP contribution in [0.5, 0.6) is 5.75 Å². The van der Waals surface area contributed by atoms with Crippen molar-refractivity contribution >= 4 is 5.91 Å². The average Bonchev–Trinajstić information content (AvgIpc) is 2.07. The molecule has 0 aliphatic heterocycles. The summed E-state index contributed by atoms with van der Waals surface area (Å²) in [6.45, 7) is 3.40. The summed E-state index contributed by atoms with van der Waals surface area (Å²) in [4.78, 5) is 14.8. The average molecular weight is 194 g/mol. The number of carbonyl (C=O) groups is 1. The van der Waals surface area contributed by atoms with E-state index in [2.05, 4.69) is 10.3 Å². The van der Waals surface area contributed by atoms with Crippen LogP contribution in [-0.4, -0.2) is 22.0 Å². The van der Waals surface area contributed by atoms with Crippen molar-refractivity contribution < 1.29 is 9.90 Å². The summed E-state index contributed by atoms with van der Waals surface area (Å²) in [5, 5.41) is 11.8. The Morgan fingerprint density at radius 3 is 2.86 bits per heavy atom. The lowest BCUT2D eigenvalue weighted by atomic mass is 10.1. The highest BCUT2D eigenvalue weighted by Crippen LogP contribution is 2.07. The molecule has 0 saturated carbocycles. The Bertz CT molecular complexity index is 308. The van der Waals surface area contributed by atoms with E-state index in [9.17, 15) is 4.79 Å². The van der Waals surface area contributed by atoms with Crippen LogP contribution in [0, 0.1) is 0 Å². The van der Waals surface area contributed by atoms with Crippen LogP contribution >= 0.6 is 0 Å². The van der Waals surface area contributed by atoms with Crippen molar-refractivity contribution in [3.8, 4) is 5.75 Å². The molecule has 1 aromatic rings. The highest BCUT2D eigenvalue weighted by molar-refractivity contribution is 5.73. The molecule has 1 amide bonds. The summed E-state index contributed by atoms with van der Waals surface area (Å²) in [5.74, 6) is 0.109. The number of hydrogen-bond acceptors (Lipinski definition) is 3. The van der Waals surface area contributed by atoms with Crippen LogP contribution < -0.4 is 5.32 Å². The van der Waals surface area contributed by atoms with E-state index in [1.54, 1.807) is 12.1 Å². The number of pyridine rings is 1. The molecule has 0 fully saturated rings. The molecule has 2 N–H and O–H groups in total. The molecular weight excluding hydrogens is 180 g/mol. The van der Waals surface area contributed by atoms with Crippen molar-refractivity contribution in [2.24, 2.45) is 0 Å². The Kier molecular flexibility index (Phi) is 3.45. The van der Waals surface area contributed by atoms with Gasteiger partial charge in [-0.15, -0.1) is 0 Å². The van der Waals surface area contributed by atoms with Crippen LogP contribution in [0.3, 0.4) is 0 Å². The standard InChI is InChI=1S/C10H14N2O2/c1-7(12-8(2)13)5-9-3-4-10(14)6-11-9/h3-4,6-7,14H,5H2,1-2H3,(H,12,13). The van der Waals surface area contributed by atoms with Gasteiger partial charge >= 0.3 is 0 Å². The third-order valence-electron chi connectivity index (χ3n) is 1.77. The minimum absolute atomic E-state index is 0.0451. The number of rotatable bonds is 3. The van der Waals surface area contributed by atoms with Crippen LogP contribution in [0.15, 0.2) is 18.3 Å². The Morgan fingerprint density at radius 2 is 2.36 bits per heavy atom. The number of nitrogens with one attached hydrogen (secondary N) is 1. The van der Waals surface area contributed by atoms with Crippen molar-refractivity contribution in [3.05, 3.63) is 24.0 Å². The minimum atomic E-state index is -0.0451. The van der Waals surface area contributed by atoms with Gasteiger partial charge < -0.3 is 10.4 Å². The maximum absolute atomic E-state index is 10.7. The molecule has 0 radical (unpaired) electrons. The first kappa shape index (κ1) is 10.5. The Labute approximate surface area is 83.0 Å². The molecule has 0 aliphatic rings. The molecule has 0 saturated heterocycles. The number of aromatic hydroxyl groups is 1. The molecule has 0 spiro atoms. The van der Waals surface area contributed by atoms with Crippen molar-refractivity contribution in [1.82, 2.24) is 10.3 Å². The lowest BCUT2D eigenvalue weighted by Crippen LogP contribution is -2.32. The lowest BCUT2D eigenvalue weighted by molar-refractivity contribution is -0.119. The van der Waals surface area contributed by atoms with Crippen molar-refractivity contribution in [1.29, 1.82) is 0 Å². The highest BCUT2D eigenvalue weighted by atomic mass is 16.3. The first-order chi connectivity index (χ1) is 6.58. The number of aromatic nitrogens is 1. The van der Waals surface area contributed by atoms with E-state index in [0.717, 1.165) is 5.69 Å². The zero-order valence-electron chi connectivity index (χ0n) is 8.32. The molecule has 4 heteroatoms. The molecule has 14 heavy (non-hydrogen) atoms. The van der Waals surface area contributed by atoms with Gasteiger partial charge in [0.05, 0.1) is 6.20 Å². The maximum atomic E-state index is 10.7. The van der Waals surface area contributed by atoms with Gasteiger partial charge in [0.25, 0.3) is 0 Å². The molecule has 1 aromatic heterocycles. The molecule has 1 rings (SSSR count). The third kappa shape index (κ3) is 3.43. The largest absolute Gasteiger partial charge is 0.506 e. The molecule has 1 heterocycles. The van der Waals surface area contributed by atoms with Gasteiger partial charge in [-0.3, -0.25) is 9.78 Å².